The zero-order valence-electron chi connectivity index (χ0n) is 10.5. The first-order valence-corrected chi connectivity index (χ1v) is 8.01. The van der Waals surface area contributed by atoms with Gasteiger partial charge in [0.25, 0.3) is 0 Å². The first-order chi connectivity index (χ1) is 7.66. The van der Waals surface area contributed by atoms with E-state index in [0.29, 0.717) is 0 Å². The van der Waals surface area contributed by atoms with Crippen LogP contribution in [0.2, 0.25) is 0 Å². The van der Waals surface area contributed by atoms with Crippen LogP contribution in [0.4, 0.5) is 0 Å². The van der Waals surface area contributed by atoms with Gasteiger partial charge >= 0.3 is 0 Å². The summed E-state index contributed by atoms with van der Waals surface area (Å²) in [7, 11) is 0. The van der Waals surface area contributed by atoms with Crippen LogP contribution in [0, 0.1) is 0 Å². The van der Waals surface area contributed by atoms with Gasteiger partial charge in [0.15, 0.2) is 0 Å². The first kappa shape index (κ1) is 14.0. The lowest BCUT2D eigenvalue weighted by Gasteiger charge is -2.24. The normalized spacial score (nSPS) is 12.0. The van der Waals surface area contributed by atoms with Gasteiger partial charge in [-0.1, -0.05) is 20.8 Å². The minimum absolute atomic E-state index is 0.218. The van der Waals surface area contributed by atoms with Gasteiger partial charge in [0.05, 0.1) is 11.2 Å². The Hall–Kier alpha value is -0.0600. The topological polar surface area (TPSA) is 38.9 Å². The van der Waals surface area contributed by atoms with Gasteiger partial charge in [-0.05, 0) is 25.0 Å². The summed E-state index contributed by atoms with van der Waals surface area (Å²) < 4.78 is 0. The summed E-state index contributed by atoms with van der Waals surface area (Å²) in [5.74, 6) is 2.24. The summed E-state index contributed by atoms with van der Waals surface area (Å²) in [6.45, 7) is 6.47. The summed E-state index contributed by atoms with van der Waals surface area (Å²) in [4.78, 5) is 4.67. The Bertz CT molecular complexity index is 306. The van der Waals surface area contributed by atoms with Crippen LogP contribution in [0.3, 0.4) is 0 Å². The molecule has 2 nitrogen and oxygen atoms in total. The molecule has 0 saturated carbocycles. The molecule has 0 amide bonds. The molecule has 0 unspecified atom stereocenters. The van der Waals surface area contributed by atoms with Gasteiger partial charge in [-0.15, -0.1) is 11.3 Å². The van der Waals surface area contributed by atoms with Crippen molar-refractivity contribution in [2.75, 3.05) is 5.75 Å². The van der Waals surface area contributed by atoms with E-state index in [1.54, 1.807) is 11.3 Å². The van der Waals surface area contributed by atoms with Crippen molar-refractivity contribution >= 4 is 23.1 Å². The molecule has 92 valence electrons. The molecule has 0 aliphatic rings. The van der Waals surface area contributed by atoms with Gasteiger partial charge in [0.1, 0.15) is 5.01 Å². The van der Waals surface area contributed by atoms with Crippen molar-refractivity contribution in [1.29, 1.82) is 0 Å². The smallest absolute Gasteiger partial charge is 0.103 e. The van der Waals surface area contributed by atoms with Crippen LogP contribution < -0.4 is 5.73 Å². The number of nitrogens with two attached hydrogens (primary N) is 1. The van der Waals surface area contributed by atoms with Crippen molar-refractivity contribution in [2.24, 2.45) is 5.73 Å². The van der Waals surface area contributed by atoms with E-state index >= 15 is 0 Å². The van der Waals surface area contributed by atoms with E-state index in [9.17, 15) is 0 Å². The van der Waals surface area contributed by atoms with Gasteiger partial charge in [0, 0.05) is 11.1 Å². The Morgan fingerprint density at radius 3 is 2.62 bits per heavy atom. The lowest BCUT2D eigenvalue weighted by atomic mass is 9.91. The number of hydrogen-bond acceptors (Lipinski definition) is 4. The summed E-state index contributed by atoms with van der Waals surface area (Å²) >= 11 is 3.70. The van der Waals surface area contributed by atoms with Crippen LogP contribution in [0.5, 0.6) is 0 Å². The molecular weight excluding hydrogens is 236 g/mol. The van der Waals surface area contributed by atoms with E-state index in [1.807, 2.05) is 11.8 Å². The average molecular weight is 258 g/mol. The molecule has 0 aromatic carbocycles. The zero-order chi connectivity index (χ0) is 12.0. The second-order valence-electron chi connectivity index (χ2n) is 4.04. The van der Waals surface area contributed by atoms with Crippen LogP contribution in [-0.2, 0) is 11.3 Å². The molecule has 0 atom stereocenters. The highest BCUT2D eigenvalue weighted by Crippen LogP contribution is 2.28. The highest BCUT2D eigenvalue weighted by molar-refractivity contribution is 7.98. The Kier molecular flexibility index (Phi) is 5.79. The minimum atomic E-state index is -0.218. The summed E-state index contributed by atoms with van der Waals surface area (Å²) in [6.07, 6.45) is 3.14. The minimum Gasteiger partial charge on any atom is -0.320 e. The van der Waals surface area contributed by atoms with Crippen molar-refractivity contribution in [3.8, 4) is 0 Å². The van der Waals surface area contributed by atoms with Crippen molar-refractivity contribution in [2.45, 2.75) is 51.3 Å². The Morgan fingerprint density at radius 1 is 1.38 bits per heavy atom. The maximum atomic E-state index is 6.32. The Balaban J connectivity index is 2.63. The van der Waals surface area contributed by atoms with E-state index in [0.717, 1.165) is 24.3 Å². The number of aromatic nitrogens is 1. The van der Waals surface area contributed by atoms with Crippen LogP contribution in [0.1, 0.15) is 50.7 Å². The molecule has 4 heteroatoms. The van der Waals surface area contributed by atoms with E-state index in [2.05, 4.69) is 31.1 Å². The fraction of sp³-hybridized carbons (Fsp3) is 0.750. The molecule has 2 N–H and O–H groups in total. The van der Waals surface area contributed by atoms with Crippen LogP contribution in [-0.4, -0.2) is 10.7 Å². The third kappa shape index (κ3) is 3.47. The van der Waals surface area contributed by atoms with Crippen LogP contribution in [0.15, 0.2) is 5.38 Å². The molecule has 1 heterocycles. The number of hydrogen-bond donors (Lipinski definition) is 1. The predicted octanol–water partition coefficient (Wildman–Crippen LogP) is 3.76. The lowest BCUT2D eigenvalue weighted by molar-refractivity contribution is 0.402. The zero-order valence-corrected chi connectivity index (χ0v) is 12.1. The standard InChI is InChI=1S/C12H22N2S2/c1-4-7-15-9-11-14-10(8-16-11)12(13,5-2)6-3/h8H,4-7,9,13H2,1-3H3. The predicted molar refractivity (Wildman–Crippen MR) is 75.0 cm³/mol. The second-order valence-corrected chi connectivity index (χ2v) is 6.09. The molecule has 0 aliphatic heterocycles. The van der Waals surface area contributed by atoms with Gasteiger partial charge in [-0.25, -0.2) is 4.98 Å². The molecular formula is C12H22N2S2. The largest absolute Gasteiger partial charge is 0.320 e. The molecule has 1 aromatic heterocycles. The molecule has 0 aliphatic carbocycles. The molecule has 0 bridgehead atoms. The van der Waals surface area contributed by atoms with Gasteiger partial charge in [-0.2, -0.15) is 11.8 Å². The van der Waals surface area contributed by atoms with Crippen molar-refractivity contribution in [3.63, 3.8) is 0 Å². The van der Waals surface area contributed by atoms with Gasteiger partial charge in [0.2, 0.25) is 0 Å². The van der Waals surface area contributed by atoms with E-state index in [1.165, 1.54) is 17.2 Å². The SMILES string of the molecule is CCCSCc1nc(C(N)(CC)CC)cs1. The quantitative estimate of drug-likeness (QED) is 0.757. The maximum absolute atomic E-state index is 6.32. The monoisotopic (exact) mass is 258 g/mol. The van der Waals surface area contributed by atoms with Crippen molar-refractivity contribution in [3.05, 3.63) is 16.1 Å². The van der Waals surface area contributed by atoms with Crippen molar-refractivity contribution in [1.82, 2.24) is 4.98 Å². The highest BCUT2D eigenvalue weighted by Gasteiger charge is 2.25. The highest BCUT2D eigenvalue weighted by atomic mass is 32.2. The van der Waals surface area contributed by atoms with Crippen LogP contribution >= 0.6 is 23.1 Å². The van der Waals surface area contributed by atoms with Crippen molar-refractivity contribution < 1.29 is 0 Å². The fourth-order valence-corrected chi connectivity index (χ4v) is 3.40. The molecule has 0 saturated heterocycles. The average Bonchev–Trinajstić information content (AvgIpc) is 2.78. The Labute approximate surface area is 107 Å². The maximum Gasteiger partial charge on any atom is 0.103 e. The lowest BCUT2D eigenvalue weighted by Crippen LogP contribution is -2.35. The first-order valence-electron chi connectivity index (χ1n) is 5.97. The second kappa shape index (κ2) is 6.62. The molecule has 16 heavy (non-hydrogen) atoms. The number of thioether (sulfide) groups is 1. The van der Waals surface area contributed by atoms with Gasteiger partial charge < -0.3 is 5.73 Å². The number of rotatable bonds is 7. The molecule has 1 aromatic rings. The fourth-order valence-electron chi connectivity index (χ4n) is 1.52. The Morgan fingerprint density at radius 2 is 2.06 bits per heavy atom. The third-order valence-electron chi connectivity index (χ3n) is 2.90. The third-order valence-corrected chi connectivity index (χ3v) is 5.10. The molecule has 1 rings (SSSR count). The summed E-state index contributed by atoms with van der Waals surface area (Å²) in [5, 5.41) is 3.35. The summed E-state index contributed by atoms with van der Waals surface area (Å²) in [5.41, 5.74) is 7.18. The van der Waals surface area contributed by atoms with E-state index < -0.39 is 0 Å². The summed E-state index contributed by atoms with van der Waals surface area (Å²) in [6, 6.07) is 0. The molecule has 0 fully saturated rings. The number of thiazole rings is 1. The molecule has 0 radical (unpaired) electrons. The van der Waals surface area contributed by atoms with E-state index in [-0.39, 0.29) is 5.54 Å². The van der Waals surface area contributed by atoms with E-state index in [4.69, 9.17) is 5.73 Å². The van der Waals surface area contributed by atoms with Crippen LogP contribution in [0.25, 0.3) is 0 Å². The van der Waals surface area contributed by atoms with Gasteiger partial charge in [-0.3, -0.25) is 0 Å². The molecule has 0 spiro atoms. The number of nitrogens with zero attached hydrogens (tertiary/aromatic N) is 1.